The number of ether oxygens (including phenoxy) is 1. The van der Waals surface area contributed by atoms with Gasteiger partial charge in [-0.3, -0.25) is 0 Å². The molecule has 0 spiro atoms. The van der Waals surface area contributed by atoms with E-state index >= 15 is 0 Å². The smallest absolute Gasteiger partial charge is 0.409 e. The maximum absolute atomic E-state index is 11.6. The van der Waals surface area contributed by atoms with E-state index in [1.165, 1.54) is 0 Å². The van der Waals surface area contributed by atoms with Crippen LogP contribution in [0, 0.1) is 0 Å². The number of piperidine rings is 1. The van der Waals surface area contributed by atoms with Crippen LogP contribution in [0.1, 0.15) is 19.8 Å². The van der Waals surface area contributed by atoms with Crippen molar-refractivity contribution >= 4 is 35.0 Å². The van der Waals surface area contributed by atoms with Gasteiger partial charge in [0.2, 0.25) is 0 Å². The van der Waals surface area contributed by atoms with Crippen molar-refractivity contribution in [2.45, 2.75) is 25.8 Å². The first-order valence-electron chi connectivity index (χ1n) is 6.73. The lowest BCUT2D eigenvalue weighted by Gasteiger charge is -2.32. The fourth-order valence-electron chi connectivity index (χ4n) is 2.29. The molecule has 0 aliphatic carbocycles. The van der Waals surface area contributed by atoms with Gasteiger partial charge in [0.15, 0.2) is 0 Å². The maximum Gasteiger partial charge on any atom is 0.409 e. The van der Waals surface area contributed by atoms with Gasteiger partial charge in [-0.1, -0.05) is 23.2 Å². The minimum atomic E-state index is -0.225. The Morgan fingerprint density at radius 1 is 1.30 bits per heavy atom. The summed E-state index contributed by atoms with van der Waals surface area (Å²) in [4.78, 5) is 13.3. The van der Waals surface area contributed by atoms with Crippen molar-refractivity contribution in [3.8, 4) is 0 Å². The zero-order valence-electron chi connectivity index (χ0n) is 11.4. The van der Waals surface area contributed by atoms with Gasteiger partial charge in [0.1, 0.15) is 0 Å². The van der Waals surface area contributed by atoms with E-state index in [2.05, 4.69) is 5.32 Å². The Balaban J connectivity index is 1.86. The highest BCUT2D eigenvalue weighted by Crippen LogP contribution is 2.24. The molecule has 1 aliphatic rings. The van der Waals surface area contributed by atoms with E-state index in [1.54, 1.807) is 11.0 Å². The molecule has 1 aromatic rings. The molecule has 0 bridgehead atoms. The van der Waals surface area contributed by atoms with Gasteiger partial charge in [-0.05, 0) is 38.0 Å². The topological polar surface area (TPSA) is 41.6 Å². The molecule has 1 saturated heterocycles. The Bertz CT molecular complexity index is 454. The van der Waals surface area contributed by atoms with Crippen molar-refractivity contribution < 1.29 is 9.53 Å². The van der Waals surface area contributed by atoms with Crippen LogP contribution in [0.25, 0.3) is 0 Å². The molecule has 1 N–H and O–H groups in total. The van der Waals surface area contributed by atoms with E-state index < -0.39 is 0 Å². The monoisotopic (exact) mass is 316 g/mol. The first-order chi connectivity index (χ1) is 9.58. The Hall–Kier alpha value is -1.13. The molecule has 1 heterocycles. The van der Waals surface area contributed by atoms with Crippen molar-refractivity contribution in [3.05, 3.63) is 28.2 Å². The third-order valence-electron chi connectivity index (χ3n) is 3.25. The fraction of sp³-hybridized carbons (Fsp3) is 0.500. The highest BCUT2D eigenvalue weighted by Gasteiger charge is 2.23. The molecule has 1 fully saturated rings. The van der Waals surface area contributed by atoms with Crippen LogP contribution in [-0.4, -0.2) is 36.7 Å². The summed E-state index contributed by atoms with van der Waals surface area (Å²) in [5.74, 6) is 0. The minimum Gasteiger partial charge on any atom is -0.450 e. The number of benzene rings is 1. The second-order valence-electron chi connectivity index (χ2n) is 4.76. The van der Waals surface area contributed by atoms with Crippen molar-refractivity contribution in [2.75, 3.05) is 25.0 Å². The van der Waals surface area contributed by atoms with Crippen LogP contribution in [0.15, 0.2) is 18.2 Å². The summed E-state index contributed by atoms with van der Waals surface area (Å²) in [5, 5.41) is 4.64. The molecule has 0 atom stereocenters. The van der Waals surface area contributed by atoms with Gasteiger partial charge >= 0.3 is 6.09 Å². The fourth-order valence-corrected chi connectivity index (χ4v) is 2.82. The van der Waals surface area contributed by atoms with Crippen LogP contribution in [-0.2, 0) is 4.74 Å². The Morgan fingerprint density at radius 2 is 1.90 bits per heavy atom. The van der Waals surface area contributed by atoms with E-state index in [-0.39, 0.29) is 6.09 Å². The third kappa shape index (κ3) is 4.18. The second-order valence-corrected chi connectivity index (χ2v) is 5.64. The van der Waals surface area contributed by atoms with Crippen LogP contribution in [0.4, 0.5) is 10.5 Å². The number of anilines is 1. The highest BCUT2D eigenvalue weighted by atomic mass is 35.5. The summed E-state index contributed by atoms with van der Waals surface area (Å²) >= 11 is 11.9. The number of carbonyl (C=O) groups excluding carboxylic acids is 1. The molecule has 1 amide bonds. The van der Waals surface area contributed by atoms with Gasteiger partial charge in [-0.15, -0.1) is 0 Å². The number of halogens is 2. The normalized spacial score (nSPS) is 16.1. The SMILES string of the molecule is CCOC(=O)N1CCC(Nc2cc(Cl)cc(Cl)c2)CC1. The molecule has 0 radical (unpaired) electrons. The minimum absolute atomic E-state index is 0.225. The predicted molar refractivity (Wildman–Crippen MR) is 81.7 cm³/mol. The Kier molecular flexibility index (Phi) is 5.38. The van der Waals surface area contributed by atoms with Crippen molar-refractivity contribution in [2.24, 2.45) is 0 Å². The molecular formula is C14H18Cl2N2O2. The number of hydrogen-bond donors (Lipinski definition) is 1. The summed E-state index contributed by atoms with van der Waals surface area (Å²) in [6.07, 6.45) is 1.53. The lowest BCUT2D eigenvalue weighted by molar-refractivity contribution is 0.0983. The molecule has 20 heavy (non-hydrogen) atoms. The summed E-state index contributed by atoms with van der Waals surface area (Å²) in [6, 6.07) is 5.73. The number of amides is 1. The number of nitrogens with zero attached hydrogens (tertiary/aromatic N) is 1. The predicted octanol–water partition coefficient (Wildman–Crippen LogP) is 4.03. The number of hydrogen-bond acceptors (Lipinski definition) is 3. The molecule has 0 saturated carbocycles. The summed E-state index contributed by atoms with van der Waals surface area (Å²) < 4.78 is 5.00. The van der Waals surface area contributed by atoms with E-state index in [0.29, 0.717) is 35.8 Å². The molecular weight excluding hydrogens is 299 g/mol. The molecule has 1 aliphatic heterocycles. The van der Waals surface area contributed by atoms with E-state index in [9.17, 15) is 4.79 Å². The summed E-state index contributed by atoms with van der Waals surface area (Å²) in [5.41, 5.74) is 0.914. The summed E-state index contributed by atoms with van der Waals surface area (Å²) in [6.45, 7) is 3.63. The van der Waals surface area contributed by atoms with E-state index in [4.69, 9.17) is 27.9 Å². The van der Waals surface area contributed by atoms with Crippen molar-refractivity contribution in [1.82, 2.24) is 4.90 Å². The Labute approximate surface area is 129 Å². The molecule has 0 unspecified atom stereocenters. The zero-order valence-corrected chi connectivity index (χ0v) is 12.9. The number of carbonyl (C=O) groups is 1. The van der Waals surface area contributed by atoms with Gasteiger partial charge < -0.3 is 15.0 Å². The standard InChI is InChI=1S/C14H18Cl2N2O2/c1-2-20-14(19)18-5-3-12(4-6-18)17-13-8-10(15)7-11(16)9-13/h7-9,12,17H,2-6H2,1H3. The maximum atomic E-state index is 11.6. The second kappa shape index (κ2) is 7.04. The van der Waals surface area contributed by atoms with Crippen LogP contribution < -0.4 is 5.32 Å². The third-order valence-corrected chi connectivity index (χ3v) is 3.69. The van der Waals surface area contributed by atoms with Gasteiger partial charge in [0.05, 0.1) is 6.61 Å². The van der Waals surface area contributed by atoms with Crippen LogP contribution in [0.5, 0.6) is 0 Å². The lowest BCUT2D eigenvalue weighted by Crippen LogP contribution is -2.42. The average molecular weight is 317 g/mol. The van der Waals surface area contributed by atoms with Crippen molar-refractivity contribution in [1.29, 1.82) is 0 Å². The molecule has 4 nitrogen and oxygen atoms in total. The molecule has 1 aromatic carbocycles. The zero-order chi connectivity index (χ0) is 14.5. The quantitative estimate of drug-likeness (QED) is 0.915. The van der Waals surface area contributed by atoms with Gasteiger partial charge in [0.25, 0.3) is 0 Å². The van der Waals surface area contributed by atoms with Crippen molar-refractivity contribution in [3.63, 3.8) is 0 Å². The van der Waals surface area contributed by atoms with Crippen LogP contribution in [0.2, 0.25) is 10.0 Å². The Morgan fingerprint density at radius 3 is 2.45 bits per heavy atom. The van der Waals surface area contributed by atoms with E-state index in [0.717, 1.165) is 18.5 Å². The highest BCUT2D eigenvalue weighted by molar-refractivity contribution is 6.35. The molecule has 6 heteroatoms. The summed E-state index contributed by atoms with van der Waals surface area (Å²) in [7, 11) is 0. The first kappa shape index (κ1) is 15.3. The molecule has 0 aromatic heterocycles. The van der Waals surface area contributed by atoms with Gasteiger partial charge in [-0.25, -0.2) is 4.79 Å². The largest absolute Gasteiger partial charge is 0.450 e. The van der Waals surface area contributed by atoms with E-state index in [1.807, 2.05) is 19.1 Å². The lowest BCUT2D eigenvalue weighted by atomic mass is 10.1. The van der Waals surface area contributed by atoms with Gasteiger partial charge in [-0.2, -0.15) is 0 Å². The van der Waals surface area contributed by atoms with Crippen LogP contribution in [0.3, 0.4) is 0 Å². The van der Waals surface area contributed by atoms with Gasteiger partial charge in [0, 0.05) is 34.9 Å². The molecule has 2 rings (SSSR count). The number of nitrogens with one attached hydrogen (secondary N) is 1. The molecule has 110 valence electrons. The number of rotatable bonds is 3. The van der Waals surface area contributed by atoms with Crippen LogP contribution >= 0.6 is 23.2 Å². The average Bonchev–Trinajstić information content (AvgIpc) is 2.38. The first-order valence-corrected chi connectivity index (χ1v) is 7.48. The number of likely N-dealkylation sites (tertiary alicyclic amines) is 1.